The van der Waals surface area contributed by atoms with Gasteiger partial charge in [0.05, 0.1) is 12.2 Å². The van der Waals surface area contributed by atoms with E-state index in [0.717, 1.165) is 10.8 Å². The minimum Gasteiger partial charge on any atom is -0.462 e. The lowest BCUT2D eigenvalue weighted by Crippen LogP contribution is -2.06. The van der Waals surface area contributed by atoms with Gasteiger partial charge in [0.1, 0.15) is 0 Å². The number of benzene rings is 2. The molecule has 0 N–H and O–H groups in total. The first-order valence-corrected chi connectivity index (χ1v) is 6.61. The molecule has 0 unspecified atom stereocenters. The van der Waals surface area contributed by atoms with Crippen LogP contribution in [0.5, 0.6) is 0 Å². The number of alkyl halides is 2. The third-order valence-electron chi connectivity index (χ3n) is 3.04. The fourth-order valence-corrected chi connectivity index (χ4v) is 1.97. The van der Waals surface area contributed by atoms with Crippen LogP contribution < -0.4 is 0 Å². The van der Waals surface area contributed by atoms with Crippen LogP contribution in [0.25, 0.3) is 10.8 Å². The first kappa shape index (κ1) is 14.4. The second kappa shape index (κ2) is 6.98. The lowest BCUT2D eigenvalue weighted by atomic mass is 10.1. The molecular weight excluding hydrogens is 262 g/mol. The molecule has 106 valence electrons. The van der Waals surface area contributed by atoms with Gasteiger partial charge in [-0.3, -0.25) is 0 Å². The van der Waals surface area contributed by atoms with Crippen LogP contribution in [0.4, 0.5) is 8.78 Å². The molecule has 2 aromatic carbocycles. The molecule has 2 nitrogen and oxygen atoms in total. The molecule has 4 heteroatoms. The summed E-state index contributed by atoms with van der Waals surface area (Å²) in [6.07, 6.45) is -1.61. The first-order valence-electron chi connectivity index (χ1n) is 6.61. The van der Waals surface area contributed by atoms with Crippen molar-refractivity contribution in [3.05, 3.63) is 48.0 Å². The summed E-state index contributed by atoms with van der Waals surface area (Å²) in [6.45, 7) is 0.179. The van der Waals surface area contributed by atoms with E-state index in [1.165, 1.54) is 0 Å². The van der Waals surface area contributed by atoms with Gasteiger partial charge in [0.2, 0.25) is 6.43 Å². The number of esters is 1. The van der Waals surface area contributed by atoms with Gasteiger partial charge in [-0.25, -0.2) is 13.6 Å². The maximum Gasteiger partial charge on any atom is 0.338 e. The topological polar surface area (TPSA) is 26.3 Å². The molecule has 0 radical (unpaired) electrons. The van der Waals surface area contributed by atoms with Crippen molar-refractivity contribution in [1.82, 2.24) is 0 Å². The van der Waals surface area contributed by atoms with E-state index in [4.69, 9.17) is 4.74 Å². The van der Waals surface area contributed by atoms with Gasteiger partial charge in [0, 0.05) is 6.42 Å². The van der Waals surface area contributed by atoms with Gasteiger partial charge < -0.3 is 4.74 Å². The second-order valence-electron chi connectivity index (χ2n) is 4.58. The fraction of sp³-hybridized carbons (Fsp3) is 0.312. The lowest BCUT2D eigenvalue weighted by Gasteiger charge is -2.06. The number of fused-ring (bicyclic) bond motifs is 1. The van der Waals surface area contributed by atoms with Crippen LogP contribution in [0, 0.1) is 0 Å². The van der Waals surface area contributed by atoms with E-state index in [1.54, 1.807) is 12.1 Å². The van der Waals surface area contributed by atoms with Gasteiger partial charge in [-0.2, -0.15) is 0 Å². The Bertz CT molecular complexity index is 581. The number of rotatable bonds is 6. The highest BCUT2D eigenvalue weighted by Crippen LogP contribution is 2.16. The van der Waals surface area contributed by atoms with Crippen molar-refractivity contribution < 1.29 is 18.3 Å². The average molecular weight is 278 g/mol. The fourth-order valence-electron chi connectivity index (χ4n) is 1.97. The highest BCUT2D eigenvalue weighted by atomic mass is 19.3. The van der Waals surface area contributed by atoms with E-state index < -0.39 is 12.4 Å². The van der Waals surface area contributed by atoms with Gasteiger partial charge in [-0.05, 0) is 35.7 Å². The van der Waals surface area contributed by atoms with Crippen molar-refractivity contribution in [3.63, 3.8) is 0 Å². The molecule has 0 spiro atoms. The Kier molecular flexibility index (Phi) is 5.04. The SMILES string of the molecule is O=C(OCCCCC(F)F)c1ccc2ccccc2c1. The molecule has 0 atom stereocenters. The van der Waals surface area contributed by atoms with Crippen LogP contribution in [0.2, 0.25) is 0 Å². The molecule has 0 saturated heterocycles. The molecule has 2 aromatic rings. The Labute approximate surface area is 116 Å². The van der Waals surface area contributed by atoms with Gasteiger partial charge >= 0.3 is 5.97 Å². The quantitative estimate of drug-likeness (QED) is 0.577. The van der Waals surface area contributed by atoms with Gasteiger partial charge in [-0.15, -0.1) is 0 Å². The van der Waals surface area contributed by atoms with Crippen molar-refractivity contribution in [1.29, 1.82) is 0 Å². The molecule has 0 bridgehead atoms. The maximum absolute atomic E-state index is 11.9. The molecule has 2 rings (SSSR count). The Morgan fingerprint density at radius 2 is 1.80 bits per heavy atom. The maximum atomic E-state index is 11.9. The molecule has 0 aromatic heterocycles. The van der Waals surface area contributed by atoms with Crippen molar-refractivity contribution in [2.75, 3.05) is 6.61 Å². The van der Waals surface area contributed by atoms with Crippen LogP contribution in [0.1, 0.15) is 29.6 Å². The third kappa shape index (κ3) is 4.02. The summed E-state index contributed by atoms with van der Waals surface area (Å²) in [5, 5.41) is 2.03. The summed E-state index contributed by atoms with van der Waals surface area (Å²) in [6, 6.07) is 13.1. The summed E-state index contributed by atoms with van der Waals surface area (Å²) in [4.78, 5) is 11.8. The van der Waals surface area contributed by atoms with Crippen molar-refractivity contribution in [3.8, 4) is 0 Å². The number of unbranched alkanes of at least 4 members (excludes halogenated alkanes) is 1. The van der Waals surface area contributed by atoms with E-state index >= 15 is 0 Å². The highest BCUT2D eigenvalue weighted by Gasteiger charge is 2.08. The highest BCUT2D eigenvalue weighted by molar-refractivity contribution is 5.95. The van der Waals surface area contributed by atoms with Crippen molar-refractivity contribution >= 4 is 16.7 Å². The van der Waals surface area contributed by atoms with Crippen LogP contribution in [0.15, 0.2) is 42.5 Å². The predicted molar refractivity (Wildman–Crippen MR) is 74.1 cm³/mol. The minimum atomic E-state index is -2.29. The largest absolute Gasteiger partial charge is 0.462 e. The zero-order chi connectivity index (χ0) is 14.4. The number of carbonyl (C=O) groups is 1. The molecule has 0 fully saturated rings. The summed E-state index contributed by atoms with van der Waals surface area (Å²) in [5.74, 6) is -0.409. The van der Waals surface area contributed by atoms with Crippen LogP contribution >= 0.6 is 0 Å². The molecule has 20 heavy (non-hydrogen) atoms. The van der Waals surface area contributed by atoms with E-state index in [9.17, 15) is 13.6 Å². The van der Waals surface area contributed by atoms with Crippen molar-refractivity contribution in [2.24, 2.45) is 0 Å². The number of carbonyl (C=O) groups excluding carboxylic acids is 1. The number of halogens is 2. The number of hydrogen-bond donors (Lipinski definition) is 0. The molecule has 0 heterocycles. The Morgan fingerprint density at radius 1 is 1.05 bits per heavy atom. The first-order chi connectivity index (χ1) is 9.66. The third-order valence-corrected chi connectivity index (χ3v) is 3.04. The standard InChI is InChI=1S/C16H16F2O2/c17-15(18)7-3-4-10-20-16(19)14-9-8-12-5-1-2-6-13(12)11-14/h1-2,5-6,8-9,11,15H,3-4,7,10H2. The summed E-state index contributed by atoms with van der Waals surface area (Å²) in [7, 11) is 0. The molecule has 0 saturated carbocycles. The molecule has 0 amide bonds. The normalized spacial score (nSPS) is 10.9. The zero-order valence-electron chi connectivity index (χ0n) is 11.0. The van der Waals surface area contributed by atoms with Gasteiger partial charge in [0.25, 0.3) is 0 Å². The van der Waals surface area contributed by atoms with E-state index in [1.807, 2.05) is 30.3 Å². The predicted octanol–water partition coefficient (Wildman–Crippen LogP) is 4.43. The second-order valence-corrected chi connectivity index (χ2v) is 4.58. The molecular formula is C16H16F2O2. The van der Waals surface area contributed by atoms with Crippen LogP contribution in [-0.4, -0.2) is 19.0 Å². The van der Waals surface area contributed by atoms with Crippen LogP contribution in [0.3, 0.4) is 0 Å². The smallest absolute Gasteiger partial charge is 0.338 e. The number of hydrogen-bond acceptors (Lipinski definition) is 2. The summed E-state index contributed by atoms with van der Waals surface area (Å²) < 4.78 is 28.9. The van der Waals surface area contributed by atoms with E-state index in [-0.39, 0.29) is 13.0 Å². The zero-order valence-corrected chi connectivity index (χ0v) is 11.0. The lowest BCUT2D eigenvalue weighted by molar-refractivity contribution is 0.0491. The van der Waals surface area contributed by atoms with Gasteiger partial charge in [-0.1, -0.05) is 30.3 Å². The molecule has 0 aliphatic heterocycles. The Balaban J connectivity index is 1.87. The molecule has 0 aliphatic rings. The summed E-state index contributed by atoms with van der Waals surface area (Å²) >= 11 is 0. The number of ether oxygens (including phenoxy) is 1. The summed E-state index contributed by atoms with van der Waals surface area (Å²) in [5.41, 5.74) is 0.484. The minimum absolute atomic E-state index is 0.145. The van der Waals surface area contributed by atoms with Gasteiger partial charge in [0.15, 0.2) is 0 Å². The van der Waals surface area contributed by atoms with Crippen molar-refractivity contribution in [2.45, 2.75) is 25.7 Å². The molecule has 0 aliphatic carbocycles. The average Bonchev–Trinajstić information content (AvgIpc) is 2.46. The Morgan fingerprint density at radius 3 is 2.55 bits per heavy atom. The Hall–Kier alpha value is -1.97. The van der Waals surface area contributed by atoms with E-state index in [2.05, 4.69) is 0 Å². The van der Waals surface area contributed by atoms with Crippen LogP contribution in [-0.2, 0) is 4.74 Å². The van der Waals surface area contributed by atoms with E-state index in [0.29, 0.717) is 18.4 Å². The monoisotopic (exact) mass is 278 g/mol.